The maximum atomic E-state index is 13.7. The molecular formula is C28H26F4N4O2S. The minimum absolute atomic E-state index is 0.188. The van der Waals surface area contributed by atoms with Crippen molar-refractivity contribution < 1.29 is 26.0 Å². The lowest BCUT2D eigenvalue weighted by Crippen LogP contribution is -2.47. The lowest BCUT2D eigenvalue weighted by Gasteiger charge is -2.32. The Labute approximate surface area is 223 Å². The molecule has 5 rings (SSSR count). The summed E-state index contributed by atoms with van der Waals surface area (Å²) in [6, 6.07) is 20.1. The Morgan fingerprint density at radius 1 is 0.923 bits per heavy atom. The fourth-order valence-corrected chi connectivity index (χ4v) is 5.95. The number of sulfonamides is 1. The number of piperidine rings is 1. The molecule has 1 saturated heterocycles. The van der Waals surface area contributed by atoms with E-state index in [2.05, 4.69) is 15.5 Å². The Kier molecular flexibility index (Phi) is 7.30. The molecule has 39 heavy (non-hydrogen) atoms. The van der Waals surface area contributed by atoms with Gasteiger partial charge in [0.2, 0.25) is 0 Å². The zero-order chi connectivity index (χ0) is 27.8. The van der Waals surface area contributed by atoms with Gasteiger partial charge in [-0.3, -0.25) is 0 Å². The molecule has 0 radical (unpaired) electrons. The molecule has 1 fully saturated rings. The number of halogens is 4. The molecule has 204 valence electrons. The highest BCUT2D eigenvalue weighted by atomic mass is 32.2. The van der Waals surface area contributed by atoms with Gasteiger partial charge in [0.15, 0.2) is 0 Å². The normalized spacial score (nSPS) is 16.3. The monoisotopic (exact) mass is 558 g/mol. The van der Waals surface area contributed by atoms with Crippen molar-refractivity contribution in [3.8, 4) is 0 Å². The van der Waals surface area contributed by atoms with Gasteiger partial charge in [0.25, 0.3) is 0 Å². The zero-order valence-electron chi connectivity index (χ0n) is 21.0. The number of aryl methyl sites for hydroxylation is 1. The quantitative estimate of drug-likeness (QED) is 0.233. The zero-order valence-corrected chi connectivity index (χ0v) is 21.8. The summed E-state index contributed by atoms with van der Waals surface area (Å²) in [4.78, 5) is 0. The van der Waals surface area contributed by atoms with Crippen LogP contribution in [-0.4, -0.2) is 47.6 Å². The first-order valence-electron chi connectivity index (χ1n) is 12.4. The predicted molar refractivity (Wildman–Crippen MR) is 141 cm³/mol. The Morgan fingerprint density at radius 3 is 2.13 bits per heavy atom. The minimum Gasteiger partial charge on any atom is -0.380 e. The molecule has 1 unspecified atom stereocenters. The van der Waals surface area contributed by atoms with E-state index in [0.717, 1.165) is 27.6 Å². The lowest BCUT2D eigenvalue weighted by molar-refractivity contribution is -0.0494. The first kappa shape index (κ1) is 27.0. The first-order chi connectivity index (χ1) is 18.5. The number of hydrogen-bond donors (Lipinski definition) is 1. The summed E-state index contributed by atoms with van der Waals surface area (Å²) in [5.41, 5.74) is -0.0296. The molecule has 1 aliphatic rings. The van der Waals surface area contributed by atoms with Gasteiger partial charge >= 0.3 is 15.5 Å². The van der Waals surface area contributed by atoms with E-state index in [4.69, 9.17) is 0 Å². The van der Waals surface area contributed by atoms with E-state index in [1.165, 1.54) is 12.1 Å². The third-order valence-electron chi connectivity index (χ3n) is 7.06. The second kappa shape index (κ2) is 10.5. The van der Waals surface area contributed by atoms with Crippen LogP contribution < -0.4 is 5.32 Å². The van der Waals surface area contributed by atoms with Crippen LogP contribution in [-0.2, 0) is 10.0 Å². The van der Waals surface area contributed by atoms with Crippen LogP contribution in [0.2, 0.25) is 0 Å². The smallest absolute Gasteiger partial charge is 0.380 e. The van der Waals surface area contributed by atoms with Crippen molar-refractivity contribution in [3.63, 3.8) is 0 Å². The predicted octanol–water partition coefficient (Wildman–Crippen LogP) is 5.98. The molecule has 0 saturated carbocycles. The van der Waals surface area contributed by atoms with Crippen LogP contribution in [0.15, 0.2) is 72.9 Å². The molecule has 6 nitrogen and oxygen atoms in total. The van der Waals surface area contributed by atoms with Gasteiger partial charge < -0.3 is 5.32 Å². The second-order valence-corrected chi connectivity index (χ2v) is 11.6. The van der Waals surface area contributed by atoms with E-state index in [9.17, 15) is 26.0 Å². The number of fused-ring (bicyclic) bond motifs is 1. The summed E-state index contributed by atoms with van der Waals surface area (Å²) >= 11 is 0. The number of nitrogens with one attached hydrogen (secondary N) is 1. The van der Waals surface area contributed by atoms with Crippen LogP contribution in [0.1, 0.15) is 41.0 Å². The molecule has 1 atom stereocenters. The molecule has 0 amide bonds. The average molecular weight is 559 g/mol. The third kappa shape index (κ3) is 5.60. The van der Waals surface area contributed by atoms with Gasteiger partial charge in [0.1, 0.15) is 5.82 Å². The van der Waals surface area contributed by atoms with E-state index < -0.39 is 15.5 Å². The maximum absolute atomic E-state index is 13.7. The van der Waals surface area contributed by atoms with Crippen LogP contribution in [0.3, 0.4) is 0 Å². The Morgan fingerprint density at radius 2 is 1.51 bits per heavy atom. The van der Waals surface area contributed by atoms with Gasteiger partial charge in [-0.2, -0.15) is 27.7 Å². The first-order valence-corrected chi connectivity index (χ1v) is 13.9. The number of benzene rings is 3. The molecule has 0 bridgehead atoms. The molecule has 4 aromatic rings. The highest BCUT2D eigenvalue weighted by Gasteiger charge is 2.50. The van der Waals surface area contributed by atoms with Gasteiger partial charge in [-0.15, -0.1) is 0 Å². The molecule has 0 spiro atoms. The molecule has 2 heterocycles. The van der Waals surface area contributed by atoms with E-state index in [1.807, 2.05) is 49.4 Å². The van der Waals surface area contributed by atoms with E-state index in [0.29, 0.717) is 15.5 Å². The van der Waals surface area contributed by atoms with Crippen molar-refractivity contribution in [2.75, 3.05) is 18.4 Å². The third-order valence-corrected chi connectivity index (χ3v) is 8.69. The number of hydrogen-bond acceptors (Lipinski definition) is 5. The number of aromatic nitrogens is 2. The molecule has 3 aromatic carbocycles. The highest BCUT2D eigenvalue weighted by molar-refractivity contribution is 7.90. The van der Waals surface area contributed by atoms with Gasteiger partial charge in [0, 0.05) is 30.4 Å². The summed E-state index contributed by atoms with van der Waals surface area (Å²) in [6.07, 6.45) is 1.98. The molecule has 0 aliphatic carbocycles. The Bertz CT molecular complexity index is 1520. The van der Waals surface area contributed by atoms with Gasteiger partial charge in [-0.05, 0) is 60.7 Å². The average Bonchev–Trinajstić information content (AvgIpc) is 2.91. The number of alkyl halides is 3. The maximum Gasteiger partial charge on any atom is 0.511 e. The molecular weight excluding hydrogens is 532 g/mol. The largest absolute Gasteiger partial charge is 0.511 e. The van der Waals surface area contributed by atoms with Crippen molar-refractivity contribution in [1.82, 2.24) is 14.5 Å². The second-order valence-electron chi connectivity index (χ2n) is 9.70. The molecule has 1 aliphatic heterocycles. The lowest BCUT2D eigenvalue weighted by atomic mass is 9.84. The van der Waals surface area contributed by atoms with Gasteiger partial charge in [0.05, 0.1) is 17.4 Å². The molecule has 1 N–H and O–H groups in total. The summed E-state index contributed by atoms with van der Waals surface area (Å²) in [5, 5.41) is 12.4. The standard InChI is InChI=1S/C28H26F4N4O2S/c1-18-2-4-19(5-3-18)27(20-6-9-22(29)10-7-20)21-8-11-25-24(16-21)26(17-33-35-25)34-23-12-14-36(15-13-23)39(37,38)28(30,31)32/h2-11,16-17,23,27H,12-15H2,1H3,(H,34,35). The Hall–Kier alpha value is -3.57. The van der Waals surface area contributed by atoms with Crippen LogP contribution in [0.25, 0.3) is 10.9 Å². The summed E-state index contributed by atoms with van der Waals surface area (Å²) in [7, 11) is -5.34. The van der Waals surface area contributed by atoms with E-state index in [1.54, 1.807) is 18.3 Å². The van der Waals surface area contributed by atoms with Crippen molar-refractivity contribution in [1.29, 1.82) is 0 Å². The highest BCUT2D eigenvalue weighted by Crippen LogP contribution is 2.36. The summed E-state index contributed by atoms with van der Waals surface area (Å²) in [5.74, 6) is -0.511. The SMILES string of the molecule is Cc1ccc(C(c2ccc(F)cc2)c2ccc3nncc(NC4CCN(S(=O)(=O)C(F)(F)F)CC4)c3c2)cc1. The Balaban J connectivity index is 1.45. The van der Waals surface area contributed by atoms with Crippen LogP contribution in [0, 0.1) is 12.7 Å². The topological polar surface area (TPSA) is 75.2 Å². The van der Waals surface area contributed by atoms with Crippen molar-refractivity contribution in [2.24, 2.45) is 0 Å². The van der Waals surface area contributed by atoms with Crippen LogP contribution in [0.5, 0.6) is 0 Å². The molecule has 1 aromatic heterocycles. The van der Waals surface area contributed by atoms with Gasteiger partial charge in [-0.1, -0.05) is 48.0 Å². The summed E-state index contributed by atoms with van der Waals surface area (Å²) in [6.45, 7) is 1.54. The van der Waals surface area contributed by atoms with E-state index >= 15 is 0 Å². The fraction of sp³-hybridized carbons (Fsp3) is 0.286. The minimum atomic E-state index is -5.34. The van der Waals surface area contributed by atoms with E-state index in [-0.39, 0.29) is 43.7 Å². The van der Waals surface area contributed by atoms with Gasteiger partial charge in [-0.25, -0.2) is 12.8 Å². The number of nitrogens with zero attached hydrogens (tertiary/aromatic N) is 3. The number of anilines is 1. The van der Waals surface area contributed by atoms with Crippen molar-refractivity contribution >= 4 is 26.6 Å². The summed E-state index contributed by atoms with van der Waals surface area (Å²) < 4.78 is 76.6. The van der Waals surface area contributed by atoms with Crippen molar-refractivity contribution in [3.05, 3.63) is 101 Å². The van der Waals surface area contributed by atoms with Crippen LogP contribution >= 0.6 is 0 Å². The number of rotatable bonds is 6. The fourth-order valence-electron chi connectivity index (χ4n) is 4.97. The van der Waals surface area contributed by atoms with Crippen LogP contribution in [0.4, 0.5) is 23.2 Å². The van der Waals surface area contributed by atoms with Crippen molar-refractivity contribution in [2.45, 2.75) is 37.2 Å². The molecule has 11 heteroatoms.